The third-order valence-electron chi connectivity index (χ3n) is 1.92. The maximum atomic E-state index is 13.5. The summed E-state index contributed by atoms with van der Waals surface area (Å²) in [5.74, 6) is -1.72. The predicted molar refractivity (Wildman–Crippen MR) is 54.2 cm³/mol. The molecule has 0 spiro atoms. The zero-order valence-corrected chi connectivity index (χ0v) is 8.82. The molecule has 5 nitrogen and oxygen atoms in total. The quantitative estimate of drug-likeness (QED) is 0.449. The molecule has 0 aromatic heterocycles. The van der Waals surface area contributed by atoms with Crippen LogP contribution in [0.3, 0.4) is 0 Å². The van der Waals surface area contributed by atoms with Gasteiger partial charge in [-0.15, -0.1) is 0 Å². The fourth-order valence-corrected chi connectivity index (χ4v) is 1.18. The van der Waals surface area contributed by atoms with E-state index in [1.54, 1.807) is 6.92 Å². The second-order valence-electron chi connectivity index (χ2n) is 3.05. The molecule has 86 valence electrons. The summed E-state index contributed by atoms with van der Waals surface area (Å²) in [6, 6.07) is 2.06. The molecule has 0 saturated carbocycles. The molecule has 0 radical (unpaired) electrons. The SMILES string of the molecule is CCOc1cc(C(C)=O)cc([N+](=O)[O-])c1F. The minimum atomic E-state index is -1.06. The summed E-state index contributed by atoms with van der Waals surface area (Å²) in [5.41, 5.74) is -0.701. The van der Waals surface area contributed by atoms with Gasteiger partial charge in [0.05, 0.1) is 11.5 Å². The standard InChI is InChI=1S/C10H10FNO4/c1-3-16-9-5-7(6(2)13)4-8(10(9)11)12(14)15/h4-5H,3H2,1-2H3. The summed E-state index contributed by atoms with van der Waals surface area (Å²) in [6.45, 7) is 3.02. The van der Waals surface area contributed by atoms with E-state index in [0.29, 0.717) is 0 Å². The molecule has 6 heteroatoms. The summed E-state index contributed by atoms with van der Waals surface area (Å²) < 4.78 is 18.4. The van der Waals surface area contributed by atoms with Crippen LogP contribution in [-0.4, -0.2) is 17.3 Å². The van der Waals surface area contributed by atoms with Gasteiger partial charge in [-0.25, -0.2) is 0 Å². The summed E-state index contributed by atoms with van der Waals surface area (Å²) >= 11 is 0. The van der Waals surface area contributed by atoms with Crippen molar-refractivity contribution in [2.45, 2.75) is 13.8 Å². The van der Waals surface area contributed by atoms with Gasteiger partial charge in [0.15, 0.2) is 11.5 Å². The Hall–Kier alpha value is -1.98. The van der Waals surface area contributed by atoms with Crippen LogP contribution in [-0.2, 0) is 0 Å². The Labute approximate surface area is 91.0 Å². The van der Waals surface area contributed by atoms with Gasteiger partial charge in [-0.05, 0) is 19.9 Å². The number of halogens is 1. The number of benzene rings is 1. The molecule has 1 aromatic carbocycles. The van der Waals surface area contributed by atoms with E-state index < -0.39 is 16.4 Å². The fourth-order valence-electron chi connectivity index (χ4n) is 1.18. The highest BCUT2D eigenvalue weighted by Crippen LogP contribution is 2.28. The monoisotopic (exact) mass is 227 g/mol. The number of hydrogen-bond acceptors (Lipinski definition) is 4. The molecule has 16 heavy (non-hydrogen) atoms. The first-order valence-corrected chi connectivity index (χ1v) is 4.59. The molecule has 0 bridgehead atoms. The van der Waals surface area contributed by atoms with Crippen molar-refractivity contribution in [2.24, 2.45) is 0 Å². The minimum Gasteiger partial charge on any atom is -0.490 e. The second kappa shape index (κ2) is 4.69. The number of hydrogen-bond donors (Lipinski definition) is 0. The third-order valence-corrected chi connectivity index (χ3v) is 1.92. The molecule has 0 aliphatic carbocycles. The van der Waals surface area contributed by atoms with Crippen LogP contribution in [0.5, 0.6) is 5.75 Å². The number of nitro groups is 1. The number of carbonyl (C=O) groups excluding carboxylic acids is 1. The number of carbonyl (C=O) groups is 1. The van der Waals surface area contributed by atoms with Gasteiger partial charge in [-0.2, -0.15) is 4.39 Å². The van der Waals surface area contributed by atoms with Gasteiger partial charge in [0.25, 0.3) is 0 Å². The van der Waals surface area contributed by atoms with Crippen LogP contribution in [0.4, 0.5) is 10.1 Å². The van der Waals surface area contributed by atoms with E-state index in [9.17, 15) is 19.3 Å². The summed E-state index contributed by atoms with van der Waals surface area (Å²) in [4.78, 5) is 20.8. The zero-order valence-electron chi connectivity index (χ0n) is 8.82. The van der Waals surface area contributed by atoms with E-state index in [4.69, 9.17) is 4.74 Å². The number of ether oxygens (including phenoxy) is 1. The average Bonchev–Trinajstić information content (AvgIpc) is 2.20. The van der Waals surface area contributed by atoms with Gasteiger partial charge in [-0.3, -0.25) is 14.9 Å². The predicted octanol–water partition coefficient (Wildman–Crippen LogP) is 2.34. The van der Waals surface area contributed by atoms with Crippen molar-refractivity contribution >= 4 is 11.5 Å². The van der Waals surface area contributed by atoms with Crippen LogP contribution >= 0.6 is 0 Å². The van der Waals surface area contributed by atoms with Crippen molar-refractivity contribution in [3.05, 3.63) is 33.6 Å². The Morgan fingerprint density at radius 2 is 2.19 bits per heavy atom. The first kappa shape index (κ1) is 12.1. The molecule has 0 aliphatic heterocycles. The van der Waals surface area contributed by atoms with Crippen LogP contribution in [0.2, 0.25) is 0 Å². The molecule has 1 rings (SSSR count). The van der Waals surface area contributed by atoms with Crippen molar-refractivity contribution in [1.29, 1.82) is 0 Å². The highest BCUT2D eigenvalue weighted by atomic mass is 19.1. The van der Waals surface area contributed by atoms with E-state index in [1.165, 1.54) is 6.92 Å². The molecule has 0 aliphatic rings. The van der Waals surface area contributed by atoms with Gasteiger partial charge >= 0.3 is 5.69 Å². The highest BCUT2D eigenvalue weighted by molar-refractivity contribution is 5.95. The van der Waals surface area contributed by atoms with E-state index in [1.807, 2.05) is 0 Å². The normalized spacial score (nSPS) is 9.94. The Kier molecular flexibility index (Phi) is 3.55. The molecule has 0 fully saturated rings. The number of nitrogens with zero attached hydrogens (tertiary/aromatic N) is 1. The Balaban J connectivity index is 3.38. The van der Waals surface area contributed by atoms with Gasteiger partial charge < -0.3 is 4.74 Å². The molecule has 0 atom stereocenters. The first-order chi connectivity index (χ1) is 7.47. The maximum absolute atomic E-state index is 13.5. The summed E-state index contributed by atoms with van der Waals surface area (Å²) in [5, 5.41) is 10.6. The molecule has 0 saturated heterocycles. The molecule has 1 aromatic rings. The van der Waals surface area contributed by atoms with E-state index in [0.717, 1.165) is 12.1 Å². The smallest absolute Gasteiger partial charge is 0.309 e. The molecule has 0 N–H and O–H groups in total. The zero-order chi connectivity index (χ0) is 12.3. The second-order valence-corrected chi connectivity index (χ2v) is 3.05. The lowest BCUT2D eigenvalue weighted by atomic mass is 10.1. The lowest BCUT2D eigenvalue weighted by molar-refractivity contribution is -0.387. The number of ketones is 1. The van der Waals surface area contributed by atoms with Crippen molar-refractivity contribution in [3.63, 3.8) is 0 Å². The van der Waals surface area contributed by atoms with Crippen molar-refractivity contribution in [3.8, 4) is 5.75 Å². The molecular weight excluding hydrogens is 217 g/mol. The number of Topliss-reactive ketones (excluding diaryl/α,β-unsaturated/α-hetero) is 1. The first-order valence-electron chi connectivity index (χ1n) is 4.59. The van der Waals surface area contributed by atoms with E-state index in [2.05, 4.69) is 0 Å². The van der Waals surface area contributed by atoms with Crippen LogP contribution in [0.15, 0.2) is 12.1 Å². The molecule has 0 heterocycles. The highest BCUT2D eigenvalue weighted by Gasteiger charge is 2.21. The van der Waals surface area contributed by atoms with E-state index >= 15 is 0 Å². The Morgan fingerprint density at radius 3 is 2.62 bits per heavy atom. The maximum Gasteiger partial charge on any atom is 0.309 e. The number of rotatable bonds is 4. The van der Waals surface area contributed by atoms with Crippen molar-refractivity contribution in [1.82, 2.24) is 0 Å². The third kappa shape index (κ3) is 2.33. The van der Waals surface area contributed by atoms with Crippen LogP contribution in [0.1, 0.15) is 24.2 Å². The average molecular weight is 227 g/mol. The van der Waals surface area contributed by atoms with Crippen LogP contribution in [0, 0.1) is 15.9 Å². The topological polar surface area (TPSA) is 69.4 Å². The largest absolute Gasteiger partial charge is 0.490 e. The summed E-state index contributed by atoms with van der Waals surface area (Å²) in [7, 11) is 0. The van der Waals surface area contributed by atoms with Gasteiger partial charge in [0.1, 0.15) is 0 Å². The molecule has 0 unspecified atom stereocenters. The fraction of sp³-hybridized carbons (Fsp3) is 0.300. The van der Waals surface area contributed by atoms with E-state index in [-0.39, 0.29) is 23.7 Å². The van der Waals surface area contributed by atoms with Gasteiger partial charge in [-0.1, -0.05) is 0 Å². The van der Waals surface area contributed by atoms with Crippen LogP contribution < -0.4 is 4.74 Å². The van der Waals surface area contributed by atoms with Crippen LogP contribution in [0.25, 0.3) is 0 Å². The minimum absolute atomic E-state index is 0.0524. The van der Waals surface area contributed by atoms with Crippen molar-refractivity contribution < 1.29 is 18.8 Å². The lowest BCUT2D eigenvalue weighted by Gasteiger charge is -2.06. The number of nitro benzene ring substituents is 1. The van der Waals surface area contributed by atoms with Gasteiger partial charge in [0, 0.05) is 11.6 Å². The Bertz CT molecular complexity index is 445. The van der Waals surface area contributed by atoms with Gasteiger partial charge in [0.2, 0.25) is 5.82 Å². The molecule has 0 amide bonds. The lowest BCUT2D eigenvalue weighted by Crippen LogP contribution is -2.03. The van der Waals surface area contributed by atoms with Crippen molar-refractivity contribution in [2.75, 3.05) is 6.61 Å². The molecular formula is C10H10FNO4. The summed E-state index contributed by atoms with van der Waals surface area (Å²) in [6.07, 6.45) is 0. The Morgan fingerprint density at radius 1 is 1.56 bits per heavy atom.